The summed E-state index contributed by atoms with van der Waals surface area (Å²) < 4.78 is 14.7. The number of nitrogens with two attached hydrogens (primary N) is 1. The minimum Gasteiger partial charge on any atom is -0.298 e. The van der Waals surface area contributed by atoms with Gasteiger partial charge in [0.15, 0.2) is 0 Å². The normalized spacial score (nSPS) is 10.5. The van der Waals surface area contributed by atoms with E-state index in [2.05, 4.69) is 15.1 Å². The van der Waals surface area contributed by atoms with E-state index < -0.39 is 0 Å². The Kier molecular flexibility index (Phi) is 2.70. The van der Waals surface area contributed by atoms with Gasteiger partial charge in [-0.25, -0.2) is 15.0 Å². The van der Waals surface area contributed by atoms with Gasteiger partial charge in [-0.15, -0.1) is 5.10 Å². The first-order valence-electron chi connectivity index (χ1n) is 4.29. The molecule has 2 rings (SSSR count). The maximum atomic E-state index is 13.3. The minimum absolute atomic E-state index is 0.147. The summed E-state index contributed by atoms with van der Waals surface area (Å²) in [6.07, 6.45) is 1.56. The zero-order valence-electron chi connectivity index (χ0n) is 7.80. The molecule has 1 aromatic heterocycles. The molecule has 0 aliphatic heterocycles. The van der Waals surface area contributed by atoms with Crippen LogP contribution >= 0.6 is 0 Å². The summed E-state index contributed by atoms with van der Waals surface area (Å²) in [6, 6.07) is 6.30. The maximum Gasteiger partial charge on any atom is 0.148 e. The molecule has 0 aliphatic carbocycles. The molecule has 0 fully saturated rings. The fraction of sp³-hybridized carbons (Fsp3) is 0.111. The van der Waals surface area contributed by atoms with Crippen LogP contribution in [-0.2, 0) is 11.4 Å². The van der Waals surface area contributed by atoms with Crippen molar-refractivity contribution in [3.63, 3.8) is 0 Å². The number of hydrogen-bond acceptors (Lipinski definition) is 4. The first-order chi connectivity index (χ1) is 7.31. The third-order valence-electron chi connectivity index (χ3n) is 1.87. The third-order valence-corrected chi connectivity index (χ3v) is 1.87. The van der Waals surface area contributed by atoms with Gasteiger partial charge < -0.3 is 0 Å². The molecule has 0 radical (unpaired) electrons. The van der Waals surface area contributed by atoms with Crippen LogP contribution in [0.1, 0.15) is 5.69 Å². The molecule has 1 heterocycles. The summed E-state index contributed by atoms with van der Waals surface area (Å²) in [5, 5.41) is 7.52. The first kappa shape index (κ1) is 9.75. The number of hydrogen-bond donors (Lipinski definition) is 1. The van der Waals surface area contributed by atoms with Crippen LogP contribution < -0.4 is 5.90 Å². The van der Waals surface area contributed by atoms with Crippen LogP contribution in [0.2, 0.25) is 0 Å². The lowest BCUT2D eigenvalue weighted by Gasteiger charge is -1.99. The quantitative estimate of drug-likeness (QED) is 0.757. The summed E-state index contributed by atoms with van der Waals surface area (Å²) in [5.74, 6) is 4.53. The van der Waals surface area contributed by atoms with Crippen molar-refractivity contribution in [3.8, 4) is 5.69 Å². The van der Waals surface area contributed by atoms with Gasteiger partial charge >= 0.3 is 0 Å². The highest BCUT2D eigenvalue weighted by molar-refractivity contribution is 5.31. The van der Waals surface area contributed by atoms with Crippen molar-refractivity contribution < 1.29 is 9.23 Å². The second-order valence-corrected chi connectivity index (χ2v) is 2.92. The van der Waals surface area contributed by atoms with Crippen molar-refractivity contribution in [1.82, 2.24) is 15.0 Å². The van der Waals surface area contributed by atoms with Crippen LogP contribution in [0.15, 0.2) is 30.5 Å². The van der Waals surface area contributed by atoms with Crippen LogP contribution in [0.5, 0.6) is 0 Å². The predicted molar refractivity (Wildman–Crippen MR) is 50.3 cm³/mol. The molecule has 0 unspecified atom stereocenters. The fourth-order valence-corrected chi connectivity index (χ4v) is 1.21. The highest BCUT2D eigenvalue weighted by atomic mass is 19.1. The summed E-state index contributed by atoms with van der Waals surface area (Å²) >= 11 is 0. The SMILES string of the molecule is NOCc1cn(-c2ccccc2F)nn1. The highest BCUT2D eigenvalue weighted by Gasteiger charge is 2.06. The van der Waals surface area contributed by atoms with Gasteiger partial charge in [-0.1, -0.05) is 17.3 Å². The number of halogens is 1. The van der Waals surface area contributed by atoms with Gasteiger partial charge in [-0.2, -0.15) is 0 Å². The number of rotatable bonds is 3. The molecule has 6 heteroatoms. The molecule has 0 bridgehead atoms. The van der Waals surface area contributed by atoms with Gasteiger partial charge in [0, 0.05) is 0 Å². The number of aromatic nitrogens is 3. The Morgan fingerprint density at radius 2 is 2.20 bits per heavy atom. The molecular formula is C9H9FN4O. The molecule has 0 spiro atoms. The molecular weight excluding hydrogens is 199 g/mol. The lowest BCUT2D eigenvalue weighted by molar-refractivity contribution is 0.121. The maximum absolute atomic E-state index is 13.3. The fourth-order valence-electron chi connectivity index (χ4n) is 1.21. The van der Waals surface area contributed by atoms with Crippen LogP contribution in [0.3, 0.4) is 0 Å². The Morgan fingerprint density at radius 1 is 1.40 bits per heavy atom. The molecule has 2 N–H and O–H groups in total. The van der Waals surface area contributed by atoms with Crippen molar-refractivity contribution in [1.29, 1.82) is 0 Å². The van der Waals surface area contributed by atoms with E-state index in [9.17, 15) is 4.39 Å². The summed E-state index contributed by atoms with van der Waals surface area (Å²) in [6.45, 7) is 0.147. The smallest absolute Gasteiger partial charge is 0.148 e. The van der Waals surface area contributed by atoms with E-state index in [4.69, 9.17) is 5.90 Å². The van der Waals surface area contributed by atoms with Crippen molar-refractivity contribution in [2.24, 2.45) is 5.90 Å². The van der Waals surface area contributed by atoms with Gasteiger partial charge in [-0.3, -0.25) is 4.84 Å². The Labute approximate surface area is 85.2 Å². The summed E-state index contributed by atoms with van der Waals surface area (Å²) in [4.78, 5) is 4.40. The predicted octanol–water partition coefficient (Wildman–Crippen LogP) is 0.797. The molecule has 5 nitrogen and oxygen atoms in total. The molecule has 1 aromatic carbocycles. The van der Waals surface area contributed by atoms with E-state index in [1.807, 2.05) is 0 Å². The summed E-state index contributed by atoms with van der Waals surface area (Å²) in [5.41, 5.74) is 0.883. The van der Waals surface area contributed by atoms with Crippen LogP contribution in [0.25, 0.3) is 5.69 Å². The van der Waals surface area contributed by atoms with E-state index in [0.29, 0.717) is 11.4 Å². The Morgan fingerprint density at radius 3 is 2.93 bits per heavy atom. The monoisotopic (exact) mass is 208 g/mol. The van der Waals surface area contributed by atoms with Gasteiger partial charge in [-0.05, 0) is 12.1 Å². The molecule has 0 atom stereocenters. The Balaban J connectivity index is 2.33. The molecule has 0 aliphatic rings. The zero-order valence-corrected chi connectivity index (χ0v) is 7.80. The Hall–Kier alpha value is -1.79. The molecule has 0 saturated carbocycles. The second-order valence-electron chi connectivity index (χ2n) is 2.92. The summed E-state index contributed by atoms with van der Waals surface area (Å²) in [7, 11) is 0. The van der Waals surface area contributed by atoms with Crippen molar-refractivity contribution in [2.45, 2.75) is 6.61 Å². The number of para-hydroxylation sites is 1. The molecule has 0 amide bonds. The minimum atomic E-state index is -0.359. The van der Waals surface area contributed by atoms with E-state index in [-0.39, 0.29) is 12.4 Å². The largest absolute Gasteiger partial charge is 0.298 e. The zero-order chi connectivity index (χ0) is 10.7. The van der Waals surface area contributed by atoms with Gasteiger partial charge in [0.1, 0.15) is 23.8 Å². The van der Waals surface area contributed by atoms with E-state index in [1.165, 1.54) is 10.7 Å². The van der Waals surface area contributed by atoms with Crippen LogP contribution in [0, 0.1) is 5.82 Å². The van der Waals surface area contributed by atoms with E-state index in [0.717, 1.165) is 0 Å². The lowest BCUT2D eigenvalue weighted by Crippen LogP contribution is -1.99. The topological polar surface area (TPSA) is 66.0 Å². The second kappa shape index (κ2) is 4.16. The van der Waals surface area contributed by atoms with Crippen LogP contribution in [0.4, 0.5) is 4.39 Å². The first-order valence-corrected chi connectivity index (χ1v) is 4.29. The Bertz CT molecular complexity index is 457. The standard InChI is InChI=1S/C9H9FN4O/c10-8-3-1-2-4-9(8)14-5-7(6-15-11)12-13-14/h1-5H,6,11H2. The molecule has 2 aromatic rings. The van der Waals surface area contributed by atoms with Crippen LogP contribution in [-0.4, -0.2) is 15.0 Å². The molecule has 15 heavy (non-hydrogen) atoms. The van der Waals surface area contributed by atoms with Gasteiger partial charge in [0.2, 0.25) is 0 Å². The molecule has 0 saturated heterocycles. The number of benzene rings is 1. The molecule has 78 valence electrons. The van der Waals surface area contributed by atoms with Crippen molar-refractivity contribution >= 4 is 0 Å². The van der Waals surface area contributed by atoms with E-state index in [1.54, 1.807) is 24.4 Å². The third kappa shape index (κ3) is 2.00. The average Bonchev–Trinajstić information content (AvgIpc) is 2.68. The van der Waals surface area contributed by atoms with Gasteiger partial charge in [0.05, 0.1) is 6.20 Å². The average molecular weight is 208 g/mol. The van der Waals surface area contributed by atoms with Gasteiger partial charge in [0.25, 0.3) is 0 Å². The number of nitrogens with zero attached hydrogens (tertiary/aromatic N) is 3. The lowest BCUT2D eigenvalue weighted by atomic mass is 10.3. The van der Waals surface area contributed by atoms with Crippen molar-refractivity contribution in [3.05, 3.63) is 42.0 Å². The highest BCUT2D eigenvalue weighted by Crippen LogP contribution is 2.11. The van der Waals surface area contributed by atoms with Crippen molar-refractivity contribution in [2.75, 3.05) is 0 Å². The van der Waals surface area contributed by atoms with E-state index >= 15 is 0 Å².